The molecule has 0 fully saturated rings. The first-order valence-corrected chi connectivity index (χ1v) is 5.92. The van der Waals surface area contributed by atoms with Crippen LogP contribution >= 0.6 is 0 Å². The Kier molecular flexibility index (Phi) is 1.90. The van der Waals surface area contributed by atoms with Gasteiger partial charge in [-0.3, -0.25) is 9.20 Å². The predicted octanol–water partition coefficient (Wildman–Crippen LogP) is 1.64. The van der Waals surface area contributed by atoms with Crippen molar-refractivity contribution in [3.8, 4) is 11.3 Å². The standard InChI is InChI=1S/C14H7N3O3/c18-13-8-4-2-1-3-7(8)11-12(13)17-6-9(14(19)20)16-10(17)5-15-11/h1-6H,(H,19,20). The Bertz CT molecular complexity index is 911. The van der Waals surface area contributed by atoms with Gasteiger partial charge in [0.1, 0.15) is 5.69 Å². The van der Waals surface area contributed by atoms with Crippen molar-refractivity contribution in [3.63, 3.8) is 0 Å². The number of aromatic carboxylic acids is 1. The monoisotopic (exact) mass is 265 g/mol. The van der Waals surface area contributed by atoms with Crippen LogP contribution < -0.4 is 0 Å². The molecule has 1 N–H and O–H groups in total. The molecule has 0 saturated heterocycles. The zero-order chi connectivity index (χ0) is 13.9. The minimum atomic E-state index is -1.13. The summed E-state index contributed by atoms with van der Waals surface area (Å²) in [5.74, 6) is -1.30. The van der Waals surface area contributed by atoms with Gasteiger partial charge >= 0.3 is 5.97 Å². The summed E-state index contributed by atoms with van der Waals surface area (Å²) in [7, 11) is 0. The molecule has 0 spiro atoms. The van der Waals surface area contributed by atoms with Gasteiger partial charge in [0, 0.05) is 17.3 Å². The lowest BCUT2D eigenvalue weighted by atomic mass is 10.1. The van der Waals surface area contributed by atoms with Crippen molar-refractivity contribution in [3.05, 3.63) is 53.6 Å². The van der Waals surface area contributed by atoms with Crippen LogP contribution in [0, 0.1) is 0 Å². The number of imidazole rings is 1. The third kappa shape index (κ3) is 1.22. The second kappa shape index (κ2) is 3.51. The van der Waals surface area contributed by atoms with E-state index in [9.17, 15) is 9.59 Å². The fourth-order valence-corrected chi connectivity index (χ4v) is 2.49. The van der Waals surface area contributed by atoms with Crippen LogP contribution in [0.2, 0.25) is 0 Å². The maximum absolute atomic E-state index is 12.4. The molecule has 0 radical (unpaired) electrons. The van der Waals surface area contributed by atoms with Crippen LogP contribution in [0.15, 0.2) is 36.7 Å². The highest BCUT2D eigenvalue weighted by molar-refractivity contribution is 6.20. The average Bonchev–Trinajstić information content (AvgIpc) is 3.00. The van der Waals surface area contributed by atoms with E-state index in [1.54, 1.807) is 12.1 Å². The maximum Gasteiger partial charge on any atom is 0.356 e. The molecular weight excluding hydrogens is 258 g/mol. The molecule has 1 aromatic carbocycles. The van der Waals surface area contributed by atoms with Gasteiger partial charge < -0.3 is 5.11 Å². The SMILES string of the molecule is O=C(O)c1cn2c3c(ncc2n1)-c1ccccc1C3=O. The number of hydrogen-bond acceptors (Lipinski definition) is 4. The van der Waals surface area contributed by atoms with E-state index >= 15 is 0 Å². The number of rotatable bonds is 1. The number of carbonyl (C=O) groups excluding carboxylic acids is 1. The van der Waals surface area contributed by atoms with Crippen molar-refractivity contribution in [1.82, 2.24) is 14.4 Å². The van der Waals surface area contributed by atoms with E-state index < -0.39 is 5.97 Å². The Labute approximate surface area is 112 Å². The molecule has 0 atom stereocenters. The van der Waals surface area contributed by atoms with Crippen LogP contribution in [0.3, 0.4) is 0 Å². The van der Waals surface area contributed by atoms with Crippen molar-refractivity contribution < 1.29 is 14.7 Å². The quantitative estimate of drug-likeness (QED) is 0.565. The van der Waals surface area contributed by atoms with E-state index in [1.165, 1.54) is 16.8 Å². The summed E-state index contributed by atoms with van der Waals surface area (Å²) in [5.41, 5.74) is 2.51. The van der Waals surface area contributed by atoms with Crippen molar-refractivity contribution in [2.75, 3.05) is 0 Å². The minimum absolute atomic E-state index is 0.107. The Hall–Kier alpha value is -3.02. The van der Waals surface area contributed by atoms with E-state index in [2.05, 4.69) is 9.97 Å². The molecule has 96 valence electrons. The first kappa shape index (κ1) is 10.9. The molecule has 1 aliphatic rings. The highest BCUT2D eigenvalue weighted by Crippen LogP contribution is 2.34. The number of hydrogen-bond donors (Lipinski definition) is 1. The number of aromatic nitrogens is 3. The van der Waals surface area contributed by atoms with Gasteiger partial charge in [0.2, 0.25) is 5.78 Å². The fourth-order valence-electron chi connectivity index (χ4n) is 2.49. The highest BCUT2D eigenvalue weighted by atomic mass is 16.4. The molecule has 0 unspecified atom stereocenters. The summed E-state index contributed by atoms with van der Waals surface area (Å²) in [6.45, 7) is 0. The molecule has 2 heterocycles. The van der Waals surface area contributed by atoms with E-state index in [1.807, 2.05) is 12.1 Å². The first-order chi connectivity index (χ1) is 9.66. The normalized spacial score (nSPS) is 12.5. The molecule has 0 saturated carbocycles. The van der Waals surface area contributed by atoms with Gasteiger partial charge in [-0.1, -0.05) is 24.3 Å². The number of carboxylic acids is 1. The van der Waals surface area contributed by atoms with E-state index in [0.717, 1.165) is 5.56 Å². The Balaban J connectivity index is 2.10. The summed E-state index contributed by atoms with van der Waals surface area (Å²) >= 11 is 0. The lowest BCUT2D eigenvalue weighted by Crippen LogP contribution is -2.03. The summed E-state index contributed by atoms with van der Waals surface area (Å²) in [5, 5.41) is 8.99. The van der Waals surface area contributed by atoms with Gasteiger partial charge in [0.15, 0.2) is 11.3 Å². The van der Waals surface area contributed by atoms with Crippen LogP contribution in [0.1, 0.15) is 26.5 Å². The smallest absolute Gasteiger partial charge is 0.356 e. The van der Waals surface area contributed by atoms with Crippen LogP contribution in [-0.2, 0) is 0 Å². The van der Waals surface area contributed by atoms with Gasteiger partial charge in [0.25, 0.3) is 0 Å². The number of carbonyl (C=O) groups is 2. The number of benzene rings is 1. The summed E-state index contributed by atoms with van der Waals surface area (Å²) in [4.78, 5) is 31.6. The molecule has 0 amide bonds. The van der Waals surface area contributed by atoms with Gasteiger partial charge in [0.05, 0.1) is 11.9 Å². The molecule has 1 aliphatic carbocycles. The molecule has 0 bridgehead atoms. The topological polar surface area (TPSA) is 84.6 Å². The van der Waals surface area contributed by atoms with Crippen LogP contribution in [0.25, 0.3) is 16.9 Å². The van der Waals surface area contributed by atoms with E-state index in [4.69, 9.17) is 5.11 Å². The van der Waals surface area contributed by atoms with Crippen LogP contribution in [0.5, 0.6) is 0 Å². The van der Waals surface area contributed by atoms with Crippen molar-refractivity contribution in [2.45, 2.75) is 0 Å². The molecule has 4 rings (SSSR count). The molecule has 3 aromatic rings. The van der Waals surface area contributed by atoms with Gasteiger partial charge in [-0.05, 0) is 0 Å². The third-order valence-corrected chi connectivity index (χ3v) is 3.37. The Morgan fingerprint density at radius 1 is 1.20 bits per heavy atom. The first-order valence-electron chi connectivity index (χ1n) is 5.92. The number of fused-ring (bicyclic) bond motifs is 5. The average molecular weight is 265 g/mol. The van der Waals surface area contributed by atoms with Crippen LogP contribution in [-0.4, -0.2) is 31.2 Å². The molecule has 6 nitrogen and oxygen atoms in total. The largest absolute Gasteiger partial charge is 0.476 e. The zero-order valence-corrected chi connectivity index (χ0v) is 10.1. The van der Waals surface area contributed by atoms with Crippen molar-refractivity contribution >= 4 is 17.4 Å². The van der Waals surface area contributed by atoms with Crippen LogP contribution in [0.4, 0.5) is 0 Å². The van der Waals surface area contributed by atoms with Crippen molar-refractivity contribution in [2.24, 2.45) is 0 Å². The Morgan fingerprint density at radius 2 is 1.95 bits per heavy atom. The highest BCUT2D eigenvalue weighted by Gasteiger charge is 2.30. The van der Waals surface area contributed by atoms with Gasteiger partial charge in [-0.15, -0.1) is 0 Å². The van der Waals surface area contributed by atoms with Gasteiger partial charge in [-0.2, -0.15) is 0 Å². The molecular formula is C14H7N3O3. The molecule has 6 heteroatoms. The number of carboxylic acid groups (broad SMARTS) is 1. The zero-order valence-electron chi connectivity index (χ0n) is 10.1. The molecule has 0 aliphatic heterocycles. The number of nitrogens with zero attached hydrogens (tertiary/aromatic N) is 3. The number of ketones is 1. The summed E-state index contributed by atoms with van der Waals surface area (Å²) < 4.78 is 1.49. The van der Waals surface area contributed by atoms with Crippen molar-refractivity contribution in [1.29, 1.82) is 0 Å². The fraction of sp³-hybridized carbons (Fsp3) is 0. The molecule has 2 aromatic heterocycles. The predicted molar refractivity (Wildman–Crippen MR) is 68.8 cm³/mol. The summed E-state index contributed by atoms with van der Waals surface area (Å²) in [6, 6.07) is 7.19. The van der Waals surface area contributed by atoms with E-state index in [0.29, 0.717) is 22.6 Å². The lowest BCUT2D eigenvalue weighted by molar-refractivity contribution is 0.0691. The summed E-state index contributed by atoms with van der Waals surface area (Å²) in [6.07, 6.45) is 2.82. The van der Waals surface area contributed by atoms with Gasteiger partial charge in [-0.25, -0.2) is 14.8 Å². The maximum atomic E-state index is 12.4. The minimum Gasteiger partial charge on any atom is -0.476 e. The lowest BCUT2D eigenvalue weighted by Gasteiger charge is -2.00. The van der Waals surface area contributed by atoms with E-state index in [-0.39, 0.29) is 11.5 Å². The second-order valence-electron chi connectivity index (χ2n) is 4.49. The molecule has 20 heavy (non-hydrogen) atoms. The second-order valence-corrected chi connectivity index (χ2v) is 4.49. The Morgan fingerprint density at radius 3 is 2.70 bits per heavy atom. The third-order valence-electron chi connectivity index (χ3n) is 3.37.